The summed E-state index contributed by atoms with van der Waals surface area (Å²) in [4.78, 5) is 0.0581. The summed E-state index contributed by atoms with van der Waals surface area (Å²) in [5.41, 5.74) is 0.912. The van der Waals surface area contributed by atoms with Gasteiger partial charge in [-0.1, -0.05) is 0 Å². The van der Waals surface area contributed by atoms with Crippen LogP contribution in [0.15, 0.2) is 46.4 Å². The number of hydrogen-bond acceptors (Lipinski definition) is 6. The zero-order valence-corrected chi connectivity index (χ0v) is 15.3. The first-order valence-electron chi connectivity index (χ1n) is 7.40. The van der Waals surface area contributed by atoms with Gasteiger partial charge in [0.1, 0.15) is 11.6 Å². The van der Waals surface area contributed by atoms with Gasteiger partial charge in [0.25, 0.3) is 0 Å². The first-order chi connectivity index (χ1) is 12.4. The topological polar surface area (TPSA) is 115 Å². The molecule has 9 heteroatoms. The SMILES string of the molecule is COc1ccc(C(=N)N(C)/N=C/c2ccc(O)c(OC)c2)c(S(=O)O)c1. The van der Waals surface area contributed by atoms with Gasteiger partial charge in [0.15, 0.2) is 22.6 Å². The van der Waals surface area contributed by atoms with Gasteiger partial charge in [-0.3, -0.25) is 10.4 Å². The number of hydrazone groups is 1. The van der Waals surface area contributed by atoms with Crippen LogP contribution in [-0.2, 0) is 11.1 Å². The summed E-state index contributed by atoms with van der Waals surface area (Å²) in [6, 6.07) is 9.24. The van der Waals surface area contributed by atoms with E-state index in [0.717, 1.165) is 0 Å². The number of nitrogens with zero attached hydrogens (tertiary/aromatic N) is 2. The first kappa shape index (κ1) is 19.4. The van der Waals surface area contributed by atoms with E-state index >= 15 is 0 Å². The molecule has 1 atom stereocenters. The number of nitrogens with one attached hydrogen (secondary N) is 1. The summed E-state index contributed by atoms with van der Waals surface area (Å²) >= 11 is -2.28. The van der Waals surface area contributed by atoms with Crippen molar-refractivity contribution in [2.75, 3.05) is 21.3 Å². The number of aromatic hydroxyl groups is 1. The van der Waals surface area contributed by atoms with Gasteiger partial charge in [0.2, 0.25) is 0 Å². The lowest BCUT2D eigenvalue weighted by atomic mass is 10.2. The van der Waals surface area contributed by atoms with Gasteiger partial charge in [-0.15, -0.1) is 0 Å². The van der Waals surface area contributed by atoms with Gasteiger partial charge in [0.05, 0.1) is 25.3 Å². The molecular formula is C17H19N3O5S. The van der Waals surface area contributed by atoms with E-state index < -0.39 is 11.1 Å². The van der Waals surface area contributed by atoms with Crippen molar-refractivity contribution in [2.24, 2.45) is 5.10 Å². The predicted molar refractivity (Wildman–Crippen MR) is 98.9 cm³/mol. The molecule has 0 saturated heterocycles. The number of hydrogen-bond donors (Lipinski definition) is 3. The lowest BCUT2D eigenvalue weighted by molar-refractivity contribution is 0.373. The van der Waals surface area contributed by atoms with Crippen LogP contribution in [0.2, 0.25) is 0 Å². The Hall–Kier alpha value is -2.91. The highest BCUT2D eigenvalue weighted by Crippen LogP contribution is 2.25. The monoisotopic (exact) mass is 377 g/mol. The van der Waals surface area contributed by atoms with Crippen molar-refractivity contribution >= 4 is 23.1 Å². The Bertz CT molecular complexity index is 869. The Morgan fingerprint density at radius 3 is 2.58 bits per heavy atom. The Morgan fingerprint density at radius 1 is 1.23 bits per heavy atom. The summed E-state index contributed by atoms with van der Waals surface area (Å²) in [5, 5.41) is 23.2. The maximum Gasteiger partial charge on any atom is 0.187 e. The van der Waals surface area contributed by atoms with Crippen LogP contribution in [0.3, 0.4) is 0 Å². The van der Waals surface area contributed by atoms with Crippen molar-refractivity contribution in [1.29, 1.82) is 5.41 Å². The molecular weight excluding hydrogens is 358 g/mol. The van der Waals surface area contributed by atoms with E-state index in [1.807, 2.05) is 0 Å². The number of benzene rings is 2. The van der Waals surface area contributed by atoms with Gasteiger partial charge < -0.3 is 19.1 Å². The molecule has 0 radical (unpaired) electrons. The minimum absolute atomic E-state index is 0.0130. The van der Waals surface area contributed by atoms with Crippen molar-refractivity contribution in [3.63, 3.8) is 0 Å². The Kier molecular flexibility index (Phi) is 6.31. The second-order valence-corrected chi connectivity index (χ2v) is 6.10. The van der Waals surface area contributed by atoms with Crippen molar-refractivity contribution in [1.82, 2.24) is 5.01 Å². The summed E-state index contributed by atoms with van der Waals surface area (Å²) in [6.07, 6.45) is 1.48. The van der Waals surface area contributed by atoms with Gasteiger partial charge in [-0.05, 0) is 42.0 Å². The van der Waals surface area contributed by atoms with E-state index in [2.05, 4.69) is 5.10 Å². The molecule has 2 aromatic carbocycles. The molecule has 0 heterocycles. The summed E-state index contributed by atoms with van der Waals surface area (Å²) in [5.74, 6) is 0.673. The van der Waals surface area contributed by atoms with Crippen molar-refractivity contribution in [2.45, 2.75) is 4.90 Å². The van der Waals surface area contributed by atoms with E-state index in [9.17, 15) is 13.9 Å². The Morgan fingerprint density at radius 2 is 1.96 bits per heavy atom. The molecule has 8 nitrogen and oxygen atoms in total. The van der Waals surface area contributed by atoms with E-state index in [0.29, 0.717) is 17.1 Å². The number of rotatable bonds is 6. The molecule has 2 rings (SSSR count). The third-order valence-corrected chi connectivity index (χ3v) is 4.25. The van der Waals surface area contributed by atoms with Crippen LogP contribution in [0.5, 0.6) is 17.2 Å². The van der Waals surface area contributed by atoms with Crippen LogP contribution >= 0.6 is 0 Å². The maximum atomic E-state index is 11.6. The second kappa shape index (κ2) is 8.45. The number of amidine groups is 1. The third-order valence-electron chi connectivity index (χ3n) is 3.54. The van der Waals surface area contributed by atoms with E-state index in [-0.39, 0.29) is 22.0 Å². The number of phenolic OH excluding ortho intramolecular Hbond substituents is 1. The smallest absolute Gasteiger partial charge is 0.187 e. The van der Waals surface area contributed by atoms with Crippen molar-refractivity contribution in [3.8, 4) is 17.2 Å². The third kappa shape index (κ3) is 4.38. The zero-order valence-electron chi connectivity index (χ0n) is 14.5. The molecule has 0 aliphatic heterocycles. The molecule has 26 heavy (non-hydrogen) atoms. The molecule has 138 valence electrons. The van der Waals surface area contributed by atoms with Crippen LogP contribution in [0.4, 0.5) is 0 Å². The Labute approximate surface area is 153 Å². The second-order valence-electron chi connectivity index (χ2n) is 5.16. The van der Waals surface area contributed by atoms with Gasteiger partial charge in [0, 0.05) is 12.6 Å². The minimum atomic E-state index is -2.28. The fourth-order valence-corrected chi connectivity index (χ4v) is 2.70. The summed E-state index contributed by atoms with van der Waals surface area (Å²) in [6.45, 7) is 0. The largest absolute Gasteiger partial charge is 0.504 e. The normalized spacial score (nSPS) is 12.0. The molecule has 0 aliphatic rings. The molecule has 2 aromatic rings. The lowest BCUT2D eigenvalue weighted by Crippen LogP contribution is -2.23. The molecule has 0 amide bonds. The average Bonchev–Trinajstić information content (AvgIpc) is 2.65. The van der Waals surface area contributed by atoms with Gasteiger partial charge >= 0.3 is 0 Å². The van der Waals surface area contributed by atoms with Crippen molar-refractivity contribution < 1.29 is 23.3 Å². The van der Waals surface area contributed by atoms with Crippen LogP contribution in [-0.4, -0.2) is 52.2 Å². The zero-order chi connectivity index (χ0) is 19.3. The van der Waals surface area contributed by atoms with Gasteiger partial charge in [-0.25, -0.2) is 4.21 Å². The van der Waals surface area contributed by atoms with E-state index in [1.165, 1.54) is 43.6 Å². The minimum Gasteiger partial charge on any atom is -0.504 e. The standard InChI is InChI=1S/C17H19N3O5S/c1-20(19-10-11-4-7-14(21)15(8-11)25-3)17(18)13-6-5-12(24-2)9-16(13)26(22)23/h4-10,18,21H,1-3H3,(H,22,23)/b18-17?,19-10+. The van der Waals surface area contributed by atoms with Crippen LogP contribution in [0, 0.1) is 5.41 Å². The molecule has 3 N–H and O–H groups in total. The van der Waals surface area contributed by atoms with Crippen molar-refractivity contribution in [3.05, 3.63) is 47.5 Å². The number of methoxy groups -OCH3 is 2. The first-order valence-corrected chi connectivity index (χ1v) is 8.50. The quantitative estimate of drug-likeness (QED) is 0.308. The highest BCUT2D eigenvalue weighted by Gasteiger charge is 2.16. The molecule has 1 unspecified atom stereocenters. The molecule has 0 aliphatic carbocycles. The number of phenols is 1. The maximum absolute atomic E-state index is 11.6. The lowest BCUT2D eigenvalue weighted by Gasteiger charge is -2.16. The molecule has 0 spiro atoms. The van der Waals surface area contributed by atoms with Crippen LogP contribution in [0.25, 0.3) is 0 Å². The highest BCUT2D eigenvalue weighted by atomic mass is 32.2. The number of ether oxygens (including phenoxy) is 2. The van der Waals surface area contributed by atoms with Crippen LogP contribution < -0.4 is 9.47 Å². The molecule has 0 bridgehead atoms. The summed E-state index contributed by atoms with van der Waals surface area (Å²) < 4.78 is 31.1. The predicted octanol–water partition coefficient (Wildman–Crippen LogP) is 2.28. The average molecular weight is 377 g/mol. The van der Waals surface area contributed by atoms with Crippen LogP contribution in [0.1, 0.15) is 11.1 Å². The van der Waals surface area contributed by atoms with E-state index in [4.69, 9.17) is 14.9 Å². The highest BCUT2D eigenvalue weighted by molar-refractivity contribution is 7.79. The molecule has 0 aromatic heterocycles. The van der Waals surface area contributed by atoms with E-state index in [1.54, 1.807) is 25.2 Å². The Balaban J connectivity index is 2.26. The fourth-order valence-electron chi connectivity index (χ4n) is 2.13. The fraction of sp³-hybridized carbons (Fsp3) is 0.176. The molecule has 0 fully saturated rings. The summed E-state index contributed by atoms with van der Waals surface area (Å²) in [7, 11) is 4.44. The van der Waals surface area contributed by atoms with Gasteiger partial charge in [-0.2, -0.15) is 5.10 Å². The molecule has 0 saturated carbocycles.